The maximum absolute atomic E-state index is 13.3. The van der Waals surface area contributed by atoms with E-state index in [1.165, 1.54) is 0 Å². The predicted octanol–water partition coefficient (Wildman–Crippen LogP) is 1.38. The first kappa shape index (κ1) is 15.2. The molecule has 102 valence electrons. The van der Waals surface area contributed by atoms with Gasteiger partial charge in [-0.15, -0.1) is 0 Å². The molecule has 0 saturated carbocycles. The van der Waals surface area contributed by atoms with Crippen molar-refractivity contribution in [3.8, 4) is 0 Å². The number of aliphatic hydroxyl groups is 1. The molecule has 0 aliphatic carbocycles. The lowest BCUT2D eigenvalue weighted by Gasteiger charge is -2.11. The van der Waals surface area contributed by atoms with E-state index in [0.29, 0.717) is 0 Å². The minimum absolute atomic E-state index is 0.000866. The summed E-state index contributed by atoms with van der Waals surface area (Å²) in [6.07, 6.45) is -5.25. The SMILES string of the molecule is O=S(=O)(NCC(O)C(F)F)c1ccc(Cl)cc1F. The van der Waals surface area contributed by atoms with E-state index in [9.17, 15) is 21.6 Å². The van der Waals surface area contributed by atoms with Crippen LogP contribution in [0.5, 0.6) is 0 Å². The quantitative estimate of drug-likeness (QED) is 0.864. The number of benzene rings is 1. The molecule has 0 amide bonds. The van der Waals surface area contributed by atoms with Crippen molar-refractivity contribution in [3.63, 3.8) is 0 Å². The molecule has 4 nitrogen and oxygen atoms in total. The fraction of sp³-hybridized carbons (Fsp3) is 0.333. The van der Waals surface area contributed by atoms with Crippen molar-refractivity contribution < 1.29 is 26.7 Å². The number of aliphatic hydroxyl groups excluding tert-OH is 1. The van der Waals surface area contributed by atoms with Crippen molar-refractivity contribution in [2.75, 3.05) is 6.54 Å². The third-order valence-electron chi connectivity index (χ3n) is 1.96. The van der Waals surface area contributed by atoms with Crippen molar-refractivity contribution in [2.24, 2.45) is 0 Å². The zero-order valence-corrected chi connectivity index (χ0v) is 10.4. The van der Waals surface area contributed by atoms with Crippen molar-refractivity contribution in [2.45, 2.75) is 17.4 Å². The zero-order chi connectivity index (χ0) is 13.9. The number of rotatable bonds is 5. The number of sulfonamides is 1. The first-order valence-corrected chi connectivity index (χ1v) is 6.51. The fourth-order valence-corrected chi connectivity index (χ4v) is 2.32. The van der Waals surface area contributed by atoms with Gasteiger partial charge in [-0.05, 0) is 18.2 Å². The highest BCUT2D eigenvalue weighted by atomic mass is 35.5. The van der Waals surface area contributed by atoms with E-state index < -0.39 is 39.8 Å². The van der Waals surface area contributed by atoms with Gasteiger partial charge < -0.3 is 5.11 Å². The number of halogens is 4. The van der Waals surface area contributed by atoms with Crippen molar-refractivity contribution >= 4 is 21.6 Å². The van der Waals surface area contributed by atoms with Gasteiger partial charge in [0.1, 0.15) is 16.8 Å². The fourth-order valence-electron chi connectivity index (χ4n) is 1.06. The highest BCUT2D eigenvalue weighted by Gasteiger charge is 2.23. The van der Waals surface area contributed by atoms with Gasteiger partial charge in [0.2, 0.25) is 10.0 Å². The summed E-state index contributed by atoms with van der Waals surface area (Å²) < 4.78 is 62.0. The average Bonchev–Trinajstić information content (AvgIpc) is 2.25. The predicted molar refractivity (Wildman–Crippen MR) is 58.6 cm³/mol. The second-order valence-corrected chi connectivity index (χ2v) is 5.50. The second kappa shape index (κ2) is 5.87. The van der Waals surface area contributed by atoms with Crippen LogP contribution in [0.25, 0.3) is 0 Å². The monoisotopic (exact) mass is 303 g/mol. The van der Waals surface area contributed by atoms with Crippen LogP contribution in [-0.4, -0.2) is 32.6 Å². The summed E-state index contributed by atoms with van der Waals surface area (Å²) in [5, 5.41) is 8.76. The second-order valence-electron chi connectivity index (χ2n) is 3.33. The molecule has 0 bridgehead atoms. The van der Waals surface area contributed by atoms with Gasteiger partial charge in [0.25, 0.3) is 6.43 Å². The largest absolute Gasteiger partial charge is 0.386 e. The lowest BCUT2D eigenvalue weighted by Crippen LogP contribution is -2.36. The van der Waals surface area contributed by atoms with Gasteiger partial charge in [0.05, 0.1) is 0 Å². The minimum Gasteiger partial charge on any atom is -0.386 e. The number of nitrogens with one attached hydrogen (secondary N) is 1. The van der Waals surface area contributed by atoms with E-state index in [0.717, 1.165) is 18.2 Å². The molecule has 0 aliphatic rings. The van der Waals surface area contributed by atoms with Crippen molar-refractivity contribution in [3.05, 3.63) is 29.0 Å². The van der Waals surface area contributed by atoms with E-state index in [-0.39, 0.29) is 5.02 Å². The van der Waals surface area contributed by atoms with Gasteiger partial charge in [-0.1, -0.05) is 11.6 Å². The summed E-state index contributed by atoms with van der Waals surface area (Å²) in [5.41, 5.74) is 0. The molecule has 18 heavy (non-hydrogen) atoms. The Balaban J connectivity index is 2.87. The average molecular weight is 304 g/mol. The van der Waals surface area contributed by atoms with E-state index in [4.69, 9.17) is 16.7 Å². The van der Waals surface area contributed by atoms with Crippen molar-refractivity contribution in [1.29, 1.82) is 0 Å². The summed E-state index contributed by atoms with van der Waals surface area (Å²) in [4.78, 5) is -0.728. The highest BCUT2D eigenvalue weighted by Crippen LogP contribution is 2.18. The molecule has 1 atom stereocenters. The molecule has 0 aliphatic heterocycles. The summed E-state index contributed by atoms with van der Waals surface area (Å²) in [5.74, 6) is -1.11. The van der Waals surface area contributed by atoms with Crippen molar-refractivity contribution in [1.82, 2.24) is 4.72 Å². The lowest BCUT2D eigenvalue weighted by molar-refractivity contribution is -0.000456. The smallest absolute Gasteiger partial charge is 0.265 e. The molecule has 1 aromatic carbocycles. The summed E-state index contributed by atoms with van der Waals surface area (Å²) >= 11 is 5.44. The Bertz CT molecular complexity index is 524. The van der Waals surface area contributed by atoms with Gasteiger partial charge in [0.15, 0.2) is 0 Å². The third-order valence-corrected chi connectivity index (χ3v) is 3.65. The molecule has 9 heteroatoms. The Kier molecular flexibility index (Phi) is 4.97. The molecule has 0 aromatic heterocycles. The lowest BCUT2D eigenvalue weighted by atomic mass is 10.3. The molecule has 0 saturated heterocycles. The van der Waals surface area contributed by atoms with Crippen LogP contribution < -0.4 is 4.72 Å². The Morgan fingerprint density at radius 1 is 1.39 bits per heavy atom. The Morgan fingerprint density at radius 2 is 2.00 bits per heavy atom. The van der Waals surface area contributed by atoms with Crippen LogP contribution in [0.3, 0.4) is 0 Å². The van der Waals surface area contributed by atoms with Gasteiger partial charge in [0, 0.05) is 11.6 Å². The Hall–Kier alpha value is -0.830. The molecule has 2 N–H and O–H groups in total. The number of alkyl halides is 2. The van der Waals surface area contributed by atoms with Crippen LogP contribution >= 0.6 is 11.6 Å². The standard InChI is InChI=1S/C9H9ClF3NO3S/c10-5-1-2-8(6(11)3-5)18(16,17)14-4-7(15)9(12)13/h1-3,7,9,14-15H,4H2. The first-order chi connectivity index (χ1) is 8.24. The van der Waals surface area contributed by atoms with Crippen LogP contribution in [0.2, 0.25) is 5.02 Å². The minimum atomic E-state index is -4.31. The van der Waals surface area contributed by atoms with E-state index in [1.807, 2.05) is 0 Å². The molecule has 0 heterocycles. The Labute approximate surface area is 106 Å². The maximum Gasteiger partial charge on any atom is 0.265 e. The van der Waals surface area contributed by atoms with Gasteiger partial charge >= 0.3 is 0 Å². The third kappa shape index (κ3) is 3.84. The maximum atomic E-state index is 13.3. The Morgan fingerprint density at radius 3 is 2.50 bits per heavy atom. The molecule has 0 spiro atoms. The van der Waals surface area contributed by atoms with Crippen LogP contribution in [-0.2, 0) is 10.0 Å². The molecular weight excluding hydrogens is 295 g/mol. The van der Waals surface area contributed by atoms with Crippen LogP contribution in [0.1, 0.15) is 0 Å². The molecule has 1 rings (SSSR count). The number of hydrogen-bond donors (Lipinski definition) is 2. The molecular formula is C9H9ClF3NO3S. The zero-order valence-electron chi connectivity index (χ0n) is 8.78. The van der Waals surface area contributed by atoms with Crippen LogP contribution in [0.15, 0.2) is 23.1 Å². The van der Waals surface area contributed by atoms with Crippen LogP contribution in [0.4, 0.5) is 13.2 Å². The molecule has 1 unspecified atom stereocenters. The summed E-state index contributed by atoms with van der Waals surface area (Å²) in [6, 6.07) is 2.82. The highest BCUT2D eigenvalue weighted by molar-refractivity contribution is 7.89. The normalized spacial score (nSPS) is 13.9. The first-order valence-electron chi connectivity index (χ1n) is 4.65. The van der Waals surface area contributed by atoms with Gasteiger partial charge in [-0.2, -0.15) is 0 Å². The van der Waals surface area contributed by atoms with Crippen LogP contribution in [0, 0.1) is 5.82 Å². The molecule has 0 radical (unpaired) electrons. The molecule has 0 fully saturated rings. The van der Waals surface area contributed by atoms with E-state index >= 15 is 0 Å². The molecule has 1 aromatic rings. The van der Waals surface area contributed by atoms with E-state index in [1.54, 1.807) is 4.72 Å². The summed E-state index contributed by atoms with van der Waals surface area (Å²) in [6.45, 7) is -0.915. The topological polar surface area (TPSA) is 66.4 Å². The van der Waals surface area contributed by atoms with E-state index in [2.05, 4.69) is 0 Å². The number of hydrogen-bond acceptors (Lipinski definition) is 3. The van der Waals surface area contributed by atoms with Gasteiger partial charge in [-0.3, -0.25) is 0 Å². The van der Waals surface area contributed by atoms with Gasteiger partial charge in [-0.25, -0.2) is 26.3 Å². The summed E-state index contributed by atoms with van der Waals surface area (Å²) in [7, 11) is -4.31.